The van der Waals surface area contributed by atoms with Gasteiger partial charge in [-0.3, -0.25) is 14.9 Å². The maximum atomic E-state index is 13.8. The number of halogens is 3. The van der Waals surface area contributed by atoms with Crippen LogP contribution in [0.15, 0.2) is 67.3 Å². The lowest BCUT2D eigenvalue weighted by Gasteiger charge is -2.40. The highest BCUT2D eigenvalue weighted by molar-refractivity contribution is 6.36. The minimum absolute atomic E-state index is 0.0376. The highest BCUT2D eigenvalue weighted by Crippen LogP contribution is 2.37. The van der Waals surface area contributed by atoms with Crippen molar-refractivity contribution >= 4 is 51.2 Å². The Balaban J connectivity index is 1.35. The van der Waals surface area contributed by atoms with Crippen LogP contribution in [0.5, 0.6) is 0 Å². The number of rotatable bonds is 7. The van der Waals surface area contributed by atoms with E-state index >= 15 is 0 Å². The van der Waals surface area contributed by atoms with E-state index in [-0.39, 0.29) is 16.6 Å². The molecular formula is C33H32Cl2FN9. The highest BCUT2D eigenvalue weighted by atomic mass is 35.5. The molecule has 1 aliphatic heterocycles. The first-order valence-corrected chi connectivity index (χ1v) is 15.4. The van der Waals surface area contributed by atoms with Gasteiger partial charge in [0.2, 0.25) is 0 Å². The number of fused-ring (bicyclic) bond motifs is 1. The van der Waals surface area contributed by atoms with Gasteiger partial charge in [0, 0.05) is 54.0 Å². The van der Waals surface area contributed by atoms with Crippen LogP contribution >= 0.6 is 23.2 Å². The van der Waals surface area contributed by atoms with Gasteiger partial charge in [-0.2, -0.15) is 5.26 Å². The Bertz CT molecular complexity index is 1870. The zero-order valence-electron chi connectivity index (χ0n) is 25.1. The van der Waals surface area contributed by atoms with E-state index in [1.165, 1.54) is 18.3 Å². The third-order valence-corrected chi connectivity index (χ3v) is 8.75. The molecule has 0 spiro atoms. The molecule has 1 atom stereocenters. The maximum absolute atomic E-state index is 13.8. The molecule has 45 heavy (non-hydrogen) atoms. The molecule has 1 fully saturated rings. The van der Waals surface area contributed by atoms with Gasteiger partial charge in [-0.05, 0) is 75.6 Å². The van der Waals surface area contributed by atoms with Crippen molar-refractivity contribution in [2.75, 3.05) is 23.7 Å². The topological polar surface area (TPSA) is 108 Å². The summed E-state index contributed by atoms with van der Waals surface area (Å²) < 4.78 is 15.8. The first-order chi connectivity index (χ1) is 21.6. The summed E-state index contributed by atoms with van der Waals surface area (Å²) in [7, 11) is 0. The summed E-state index contributed by atoms with van der Waals surface area (Å²) in [6.07, 6.45) is 8.97. The zero-order valence-corrected chi connectivity index (χ0v) is 26.6. The summed E-state index contributed by atoms with van der Waals surface area (Å²) in [4.78, 5) is 11.3. The Kier molecular flexibility index (Phi) is 8.60. The molecule has 4 heterocycles. The first-order valence-electron chi connectivity index (χ1n) is 14.7. The van der Waals surface area contributed by atoms with E-state index in [0.717, 1.165) is 37.2 Å². The van der Waals surface area contributed by atoms with Gasteiger partial charge in [-0.15, -0.1) is 5.10 Å². The third kappa shape index (κ3) is 6.57. The van der Waals surface area contributed by atoms with Gasteiger partial charge in [0.25, 0.3) is 0 Å². The second kappa shape index (κ2) is 12.6. The lowest BCUT2D eigenvalue weighted by molar-refractivity contribution is 0.0866. The molecule has 1 saturated heterocycles. The van der Waals surface area contributed by atoms with Gasteiger partial charge in [-0.1, -0.05) is 34.5 Å². The van der Waals surface area contributed by atoms with Crippen molar-refractivity contribution in [1.29, 1.82) is 5.26 Å². The highest BCUT2D eigenvalue weighted by Gasteiger charge is 2.29. The number of likely N-dealkylation sites (tertiary alicyclic amines) is 1. The van der Waals surface area contributed by atoms with Crippen molar-refractivity contribution in [3.8, 4) is 6.07 Å². The predicted molar refractivity (Wildman–Crippen MR) is 175 cm³/mol. The van der Waals surface area contributed by atoms with Crippen LogP contribution in [-0.4, -0.2) is 48.5 Å². The van der Waals surface area contributed by atoms with Crippen LogP contribution in [-0.2, 0) is 0 Å². The fraction of sp³-hybridized carbons (Fsp3) is 0.303. The van der Waals surface area contributed by atoms with Crippen molar-refractivity contribution in [1.82, 2.24) is 29.9 Å². The molecule has 2 aromatic carbocycles. The molecule has 1 unspecified atom stereocenters. The van der Waals surface area contributed by atoms with E-state index < -0.39 is 11.9 Å². The lowest BCUT2D eigenvalue weighted by Crippen LogP contribution is -2.46. The van der Waals surface area contributed by atoms with Crippen molar-refractivity contribution in [3.05, 3.63) is 99.9 Å². The number of nitrogens with one attached hydrogen (secondary N) is 2. The Labute approximate surface area is 271 Å². The quantitative estimate of drug-likeness (QED) is 0.184. The Morgan fingerprint density at radius 1 is 1.04 bits per heavy atom. The van der Waals surface area contributed by atoms with Gasteiger partial charge >= 0.3 is 0 Å². The minimum Gasteiger partial charge on any atom is -0.373 e. The van der Waals surface area contributed by atoms with Crippen molar-refractivity contribution in [2.24, 2.45) is 0 Å². The Morgan fingerprint density at radius 3 is 2.51 bits per heavy atom. The normalized spacial score (nSPS) is 15.1. The SMILES string of the molecule is CC(C)(C)N1CCC(n2cc(C(Nc3cc(Cl)c4ncc(C#N)c(Nc5ccc(F)c(Cl)c5)c4c3)c3cccnc3)nn2)CC1. The van der Waals surface area contributed by atoms with Crippen LogP contribution in [0.3, 0.4) is 0 Å². The van der Waals surface area contributed by atoms with Gasteiger partial charge in [0.15, 0.2) is 0 Å². The molecule has 0 radical (unpaired) electrons. The molecule has 2 N–H and O–H groups in total. The number of hydrogen-bond acceptors (Lipinski definition) is 8. The van der Waals surface area contributed by atoms with Crippen LogP contribution < -0.4 is 10.6 Å². The van der Waals surface area contributed by atoms with E-state index in [4.69, 9.17) is 23.2 Å². The van der Waals surface area contributed by atoms with E-state index in [9.17, 15) is 9.65 Å². The summed E-state index contributed by atoms with van der Waals surface area (Å²) >= 11 is 12.8. The monoisotopic (exact) mass is 643 g/mol. The second-order valence-electron chi connectivity index (χ2n) is 12.1. The lowest BCUT2D eigenvalue weighted by atomic mass is 9.98. The average Bonchev–Trinajstić information content (AvgIpc) is 3.52. The second-order valence-corrected chi connectivity index (χ2v) is 13.0. The van der Waals surface area contributed by atoms with E-state index in [2.05, 4.69) is 62.7 Å². The summed E-state index contributed by atoms with van der Waals surface area (Å²) in [5, 5.41) is 26.8. The number of aromatic nitrogens is 5. The molecule has 0 bridgehead atoms. The molecule has 230 valence electrons. The molecule has 12 heteroatoms. The van der Waals surface area contributed by atoms with Crippen LogP contribution in [0.2, 0.25) is 10.0 Å². The molecule has 9 nitrogen and oxygen atoms in total. The molecule has 0 saturated carbocycles. The number of nitriles is 1. The summed E-state index contributed by atoms with van der Waals surface area (Å²) in [6.45, 7) is 8.75. The van der Waals surface area contributed by atoms with Crippen molar-refractivity contribution < 1.29 is 4.39 Å². The number of benzene rings is 2. The van der Waals surface area contributed by atoms with Crippen molar-refractivity contribution in [3.63, 3.8) is 0 Å². The van der Waals surface area contributed by atoms with E-state index in [0.29, 0.717) is 38.6 Å². The van der Waals surface area contributed by atoms with E-state index in [1.54, 1.807) is 24.5 Å². The van der Waals surface area contributed by atoms with E-state index in [1.807, 2.05) is 29.1 Å². The smallest absolute Gasteiger partial charge is 0.141 e. The Morgan fingerprint density at radius 2 is 1.82 bits per heavy atom. The van der Waals surface area contributed by atoms with Crippen LogP contribution in [0, 0.1) is 17.1 Å². The summed E-state index contributed by atoms with van der Waals surface area (Å²) in [5.41, 5.74) is 4.22. The van der Waals surface area contributed by atoms with Gasteiger partial charge < -0.3 is 10.6 Å². The molecule has 0 aliphatic carbocycles. The number of anilines is 3. The fourth-order valence-corrected chi connectivity index (χ4v) is 6.17. The minimum atomic E-state index is -0.536. The summed E-state index contributed by atoms with van der Waals surface area (Å²) in [6, 6.07) is 13.8. The predicted octanol–water partition coefficient (Wildman–Crippen LogP) is 7.92. The molecule has 5 aromatic rings. The molecular weight excluding hydrogens is 612 g/mol. The molecule has 6 rings (SSSR count). The fourth-order valence-electron chi connectivity index (χ4n) is 5.72. The van der Waals surface area contributed by atoms with Crippen LogP contribution in [0.1, 0.15) is 62.5 Å². The van der Waals surface area contributed by atoms with Gasteiger partial charge in [0.05, 0.1) is 45.1 Å². The standard InChI is InChI=1S/C33H32Cl2FN9/c1-33(2,3)44-11-8-24(9-12-44)45-19-29(42-43-45)31(20-5-4-10-38-17-20)41-23-13-25-30(40-22-6-7-28(36)26(34)14-22)21(16-37)18-39-32(25)27(35)15-23/h4-7,10,13-15,17-19,24,31,41H,8-9,11-12H2,1-3H3,(H,39,40). The summed E-state index contributed by atoms with van der Waals surface area (Å²) in [5.74, 6) is -0.536. The van der Waals surface area contributed by atoms with Gasteiger partial charge in [0.1, 0.15) is 17.6 Å². The number of pyridine rings is 2. The number of hydrogen-bond donors (Lipinski definition) is 2. The number of nitrogens with zero attached hydrogens (tertiary/aromatic N) is 7. The largest absolute Gasteiger partial charge is 0.373 e. The Hall–Kier alpha value is -4.30. The number of piperidine rings is 1. The van der Waals surface area contributed by atoms with Crippen LogP contribution in [0.4, 0.5) is 21.5 Å². The molecule has 1 aliphatic rings. The molecule has 3 aromatic heterocycles. The first kappa shape index (κ1) is 30.7. The van der Waals surface area contributed by atoms with Gasteiger partial charge in [-0.25, -0.2) is 9.07 Å². The van der Waals surface area contributed by atoms with Crippen LogP contribution in [0.25, 0.3) is 10.9 Å². The maximum Gasteiger partial charge on any atom is 0.141 e. The van der Waals surface area contributed by atoms with Crippen molar-refractivity contribution in [2.45, 2.75) is 51.2 Å². The third-order valence-electron chi connectivity index (χ3n) is 8.17. The average molecular weight is 645 g/mol. The molecule has 0 amide bonds. The zero-order chi connectivity index (χ0) is 31.7.